The Labute approximate surface area is 117 Å². The van der Waals surface area contributed by atoms with Gasteiger partial charge in [-0.3, -0.25) is 0 Å². The molecule has 0 unspecified atom stereocenters. The summed E-state index contributed by atoms with van der Waals surface area (Å²) in [5.74, 6) is -0.145. The molecule has 0 aliphatic rings. The highest BCUT2D eigenvalue weighted by molar-refractivity contribution is 9.10. The third kappa shape index (κ3) is 3.03. The lowest BCUT2D eigenvalue weighted by Gasteiger charge is -2.10. The number of rotatable bonds is 4. The minimum Gasteiger partial charge on any atom is -0.497 e. The molecule has 0 radical (unpaired) electrons. The van der Waals surface area contributed by atoms with Crippen LogP contribution in [0, 0.1) is 0 Å². The number of carbonyl (C=O) groups is 1. The van der Waals surface area contributed by atoms with Gasteiger partial charge in [0.15, 0.2) is 0 Å². The van der Waals surface area contributed by atoms with Crippen molar-refractivity contribution >= 4 is 21.9 Å². The van der Waals surface area contributed by atoms with Crippen LogP contribution in [0.5, 0.6) is 17.4 Å². The van der Waals surface area contributed by atoms with E-state index in [2.05, 4.69) is 20.9 Å². The van der Waals surface area contributed by atoms with Gasteiger partial charge < -0.3 is 14.6 Å². The van der Waals surface area contributed by atoms with E-state index in [0.717, 1.165) is 0 Å². The van der Waals surface area contributed by atoms with Crippen LogP contribution in [0.25, 0.3) is 0 Å². The number of pyridine rings is 1. The molecule has 0 saturated carbocycles. The van der Waals surface area contributed by atoms with Crippen molar-refractivity contribution in [3.63, 3.8) is 0 Å². The van der Waals surface area contributed by atoms with Crippen LogP contribution in [-0.2, 0) is 0 Å². The summed E-state index contributed by atoms with van der Waals surface area (Å²) >= 11 is 3.28. The summed E-state index contributed by atoms with van der Waals surface area (Å²) in [6.45, 7) is 0. The van der Waals surface area contributed by atoms with Crippen LogP contribution in [0.1, 0.15) is 10.4 Å². The van der Waals surface area contributed by atoms with Gasteiger partial charge in [-0.15, -0.1) is 0 Å². The highest BCUT2D eigenvalue weighted by atomic mass is 79.9. The normalized spacial score (nSPS) is 10.0. The molecule has 1 heterocycles. The number of carboxylic acids is 1. The predicted molar refractivity (Wildman–Crippen MR) is 72.0 cm³/mol. The van der Waals surface area contributed by atoms with Crippen LogP contribution in [0.3, 0.4) is 0 Å². The van der Waals surface area contributed by atoms with Gasteiger partial charge in [0.2, 0.25) is 5.88 Å². The van der Waals surface area contributed by atoms with E-state index in [0.29, 0.717) is 16.1 Å². The number of aromatic carboxylic acids is 1. The van der Waals surface area contributed by atoms with Gasteiger partial charge in [0.25, 0.3) is 0 Å². The lowest BCUT2D eigenvalue weighted by Crippen LogP contribution is -2.01. The lowest BCUT2D eigenvalue weighted by molar-refractivity contribution is 0.0693. The van der Waals surface area contributed by atoms with E-state index < -0.39 is 5.97 Å². The zero-order chi connectivity index (χ0) is 13.8. The predicted octanol–water partition coefficient (Wildman–Crippen LogP) is 3.34. The minimum absolute atomic E-state index is 0.0110. The number of halogens is 1. The molecule has 0 spiro atoms. The van der Waals surface area contributed by atoms with Crippen molar-refractivity contribution in [3.8, 4) is 17.4 Å². The van der Waals surface area contributed by atoms with Gasteiger partial charge in [0, 0.05) is 6.20 Å². The zero-order valence-corrected chi connectivity index (χ0v) is 11.5. The first-order valence-electron chi connectivity index (χ1n) is 5.31. The quantitative estimate of drug-likeness (QED) is 0.934. The van der Waals surface area contributed by atoms with Crippen LogP contribution >= 0.6 is 15.9 Å². The maximum Gasteiger partial charge on any atom is 0.339 e. The van der Waals surface area contributed by atoms with E-state index in [1.807, 2.05) is 0 Å². The Bertz CT molecular complexity index is 615. The Balaban J connectivity index is 2.40. The van der Waals surface area contributed by atoms with Gasteiger partial charge in [-0.1, -0.05) is 0 Å². The van der Waals surface area contributed by atoms with Crippen LogP contribution in [-0.4, -0.2) is 23.2 Å². The summed E-state index contributed by atoms with van der Waals surface area (Å²) in [5, 5.41) is 9.17. The lowest BCUT2D eigenvalue weighted by atomic mass is 10.2. The van der Waals surface area contributed by atoms with Gasteiger partial charge in [0.05, 0.1) is 11.6 Å². The second kappa shape index (κ2) is 5.71. The summed E-state index contributed by atoms with van der Waals surface area (Å²) < 4.78 is 11.1. The molecule has 0 saturated heterocycles. The number of ether oxygens (including phenoxy) is 2. The molecular weight excluding hydrogens is 314 g/mol. The molecule has 2 aromatic rings. The average molecular weight is 324 g/mol. The monoisotopic (exact) mass is 323 g/mol. The Morgan fingerprint density at radius 1 is 1.37 bits per heavy atom. The summed E-state index contributed by atoms with van der Waals surface area (Å²) in [6, 6.07) is 8.05. The fourth-order valence-corrected chi connectivity index (χ4v) is 1.78. The van der Waals surface area contributed by atoms with Gasteiger partial charge in [-0.05, 0) is 46.3 Å². The molecule has 98 valence electrons. The Morgan fingerprint density at radius 2 is 2.16 bits per heavy atom. The van der Waals surface area contributed by atoms with E-state index in [1.54, 1.807) is 24.4 Å². The van der Waals surface area contributed by atoms with E-state index in [9.17, 15) is 4.79 Å². The minimum atomic E-state index is -1.10. The third-order valence-corrected chi connectivity index (χ3v) is 2.95. The maximum absolute atomic E-state index is 11.2. The number of aromatic nitrogens is 1. The zero-order valence-electron chi connectivity index (χ0n) is 9.96. The van der Waals surface area contributed by atoms with E-state index in [4.69, 9.17) is 14.6 Å². The standard InChI is InChI=1S/C13H10BrNO4/c1-18-8-4-5-11(9(7-8)13(16)17)19-12-10(14)3-2-6-15-12/h2-7H,1H3,(H,16,17). The van der Waals surface area contributed by atoms with Gasteiger partial charge in [-0.25, -0.2) is 9.78 Å². The summed E-state index contributed by atoms with van der Waals surface area (Å²) in [4.78, 5) is 15.2. The van der Waals surface area contributed by atoms with Crippen LogP contribution in [0.4, 0.5) is 0 Å². The van der Waals surface area contributed by atoms with Gasteiger partial charge >= 0.3 is 5.97 Å². The molecule has 0 bridgehead atoms. The molecule has 2 rings (SSSR count). The molecule has 0 aliphatic heterocycles. The highest BCUT2D eigenvalue weighted by Crippen LogP contribution is 2.31. The van der Waals surface area contributed by atoms with Crippen LogP contribution in [0.2, 0.25) is 0 Å². The smallest absolute Gasteiger partial charge is 0.339 e. The molecule has 19 heavy (non-hydrogen) atoms. The number of methoxy groups -OCH3 is 1. The van der Waals surface area contributed by atoms with Crippen molar-refractivity contribution < 1.29 is 19.4 Å². The Hall–Kier alpha value is -2.08. The summed E-state index contributed by atoms with van der Waals surface area (Å²) in [5.41, 5.74) is 0.0110. The van der Waals surface area contributed by atoms with E-state index in [1.165, 1.54) is 19.2 Å². The van der Waals surface area contributed by atoms with E-state index in [-0.39, 0.29) is 11.3 Å². The number of hydrogen-bond donors (Lipinski definition) is 1. The third-order valence-electron chi connectivity index (χ3n) is 2.35. The van der Waals surface area contributed by atoms with Crippen molar-refractivity contribution in [3.05, 3.63) is 46.6 Å². The van der Waals surface area contributed by atoms with Crippen molar-refractivity contribution in [2.24, 2.45) is 0 Å². The molecule has 1 N–H and O–H groups in total. The number of benzene rings is 1. The summed E-state index contributed by atoms with van der Waals surface area (Å²) in [7, 11) is 1.47. The fourth-order valence-electron chi connectivity index (χ4n) is 1.44. The Morgan fingerprint density at radius 3 is 2.79 bits per heavy atom. The first kappa shape index (κ1) is 13.4. The number of carboxylic acid groups (broad SMARTS) is 1. The van der Waals surface area contributed by atoms with Crippen molar-refractivity contribution in [2.45, 2.75) is 0 Å². The molecular formula is C13H10BrNO4. The molecule has 5 nitrogen and oxygen atoms in total. The first-order valence-corrected chi connectivity index (χ1v) is 6.11. The highest BCUT2D eigenvalue weighted by Gasteiger charge is 2.15. The molecule has 0 atom stereocenters. The van der Waals surface area contributed by atoms with Crippen LogP contribution in [0.15, 0.2) is 41.0 Å². The molecule has 0 aliphatic carbocycles. The molecule has 1 aromatic heterocycles. The molecule has 6 heteroatoms. The van der Waals surface area contributed by atoms with Crippen LogP contribution < -0.4 is 9.47 Å². The largest absolute Gasteiger partial charge is 0.497 e. The molecule has 1 aromatic carbocycles. The topological polar surface area (TPSA) is 68.7 Å². The number of nitrogens with zero attached hydrogens (tertiary/aromatic N) is 1. The SMILES string of the molecule is COc1ccc(Oc2ncccc2Br)c(C(=O)O)c1. The second-order valence-electron chi connectivity index (χ2n) is 3.56. The fraction of sp³-hybridized carbons (Fsp3) is 0.0769. The molecule has 0 fully saturated rings. The second-order valence-corrected chi connectivity index (χ2v) is 4.41. The van der Waals surface area contributed by atoms with Crippen molar-refractivity contribution in [1.82, 2.24) is 4.98 Å². The van der Waals surface area contributed by atoms with Crippen molar-refractivity contribution in [1.29, 1.82) is 0 Å². The van der Waals surface area contributed by atoms with Gasteiger partial charge in [0.1, 0.15) is 17.1 Å². The Kier molecular flexibility index (Phi) is 4.01. The van der Waals surface area contributed by atoms with E-state index >= 15 is 0 Å². The first-order chi connectivity index (χ1) is 9.11. The average Bonchev–Trinajstić information content (AvgIpc) is 2.41. The summed E-state index contributed by atoms with van der Waals surface area (Å²) in [6.07, 6.45) is 1.56. The maximum atomic E-state index is 11.2. The van der Waals surface area contributed by atoms with Gasteiger partial charge in [-0.2, -0.15) is 0 Å². The van der Waals surface area contributed by atoms with Crippen molar-refractivity contribution in [2.75, 3.05) is 7.11 Å². The number of hydrogen-bond acceptors (Lipinski definition) is 4. The molecule has 0 amide bonds.